The lowest BCUT2D eigenvalue weighted by molar-refractivity contribution is -0.339. The van der Waals surface area contributed by atoms with Gasteiger partial charge in [-0.3, -0.25) is 0 Å². The van der Waals surface area contributed by atoms with Crippen LogP contribution in [0.1, 0.15) is 6.42 Å². The zero-order valence-electron chi connectivity index (χ0n) is 14.7. The average molecular weight is 388 g/mol. The summed E-state index contributed by atoms with van der Waals surface area (Å²) in [4.78, 5) is 23.0. The summed E-state index contributed by atoms with van der Waals surface area (Å²) in [7, 11) is 1.20. The third kappa shape index (κ3) is 4.37. The fourth-order valence-corrected chi connectivity index (χ4v) is 3.13. The summed E-state index contributed by atoms with van der Waals surface area (Å²) >= 11 is 0. The number of methoxy groups -OCH3 is 1. The van der Waals surface area contributed by atoms with E-state index in [1.165, 1.54) is 13.2 Å². The van der Waals surface area contributed by atoms with Gasteiger partial charge >= 0.3 is 5.97 Å². The molecule has 4 N–H and O–H groups in total. The SMILES string of the molecule is C=C[C@@H]1[C@@H](O[C@H]2O[C@@H](CO)[C@@H](O)[C@@H](O)[C@H]2O)OC=C(C(=O)OC)[C@H]1CC=O. The number of rotatable bonds is 7. The third-order valence-electron chi connectivity index (χ3n) is 4.67. The van der Waals surface area contributed by atoms with Crippen LogP contribution in [-0.2, 0) is 28.5 Å². The van der Waals surface area contributed by atoms with Gasteiger partial charge in [-0.1, -0.05) is 6.08 Å². The quantitative estimate of drug-likeness (QED) is 0.224. The molecule has 0 aromatic heterocycles. The maximum absolute atomic E-state index is 11.9. The van der Waals surface area contributed by atoms with E-state index in [0.717, 1.165) is 6.26 Å². The van der Waals surface area contributed by atoms with E-state index in [0.29, 0.717) is 6.29 Å². The smallest absolute Gasteiger partial charge is 0.337 e. The molecular weight excluding hydrogens is 364 g/mol. The van der Waals surface area contributed by atoms with Crippen molar-refractivity contribution < 1.29 is 49.0 Å². The van der Waals surface area contributed by atoms with Crippen LogP contribution in [0.3, 0.4) is 0 Å². The second kappa shape index (κ2) is 9.40. The Morgan fingerprint density at radius 1 is 1.26 bits per heavy atom. The highest BCUT2D eigenvalue weighted by Crippen LogP contribution is 2.36. The molecule has 152 valence electrons. The molecule has 1 fully saturated rings. The Labute approximate surface area is 155 Å². The van der Waals surface area contributed by atoms with Crippen LogP contribution in [-0.4, -0.2) is 83.4 Å². The van der Waals surface area contributed by atoms with Crippen molar-refractivity contribution >= 4 is 12.3 Å². The minimum Gasteiger partial charge on any atom is -0.471 e. The Morgan fingerprint density at radius 3 is 2.52 bits per heavy atom. The van der Waals surface area contributed by atoms with Crippen LogP contribution in [0.15, 0.2) is 24.5 Å². The molecule has 2 aliphatic rings. The Balaban J connectivity index is 2.22. The molecule has 0 aromatic rings. The number of aliphatic hydroxyl groups excluding tert-OH is 4. The van der Waals surface area contributed by atoms with E-state index < -0.39 is 61.4 Å². The van der Waals surface area contributed by atoms with Crippen molar-refractivity contribution in [3.63, 3.8) is 0 Å². The van der Waals surface area contributed by atoms with E-state index in [-0.39, 0.29) is 12.0 Å². The lowest BCUT2D eigenvalue weighted by Crippen LogP contribution is -2.60. The van der Waals surface area contributed by atoms with Crippen molar-refractivity contribution in [3.05, 3.63) is 24.5 Å². The van der Waals surface area contributed by atoms with Crippen LogP contribution in [0.2, 0.25) is 0 Å². The van der Waals surface area contributed by atoms with Gasteiger partial charge in [-0.05, 0) is 0 Å². The maximum Gasteiger partial charge on any atom is 0.337 e. The number of aldehydes is 1. The predicted molar refractivity (Wildman–Crippen MR) is 87.7 cm³/mol. The maximum atomic E-state index is 11.9. The van der Waals surface area contributed by atoms with Crippen LogP contribution in [0.5, 0.6) is 0 Å². The molecule has 10 nitrogen and oxygen atoms in total. The Morgan fingerprint density at radius 2 is 1.96 bits per heavy atom. The van der Waals surface area contributed by atoms with Crippen molar-refractivity contribution in [1.82, 2.24) is 0 Å². The summed E-state index contributed by atoms with van der Waals surface area (Å²) in [5.74, 6) is -1.99. The highest BCUT2D eigenvalue weighted by Gasteiger charge is 2.47. The molecule has 2 aliphatic heterocycles. The number of hydrogen-bond donors (Lipinski definition) is 4. The van der Waals surface area contributed by atoms with Gasteiger partial charge in [0, 0.05) is 18.3 Å². The average Bonchev–Trinajstić information content (AvgIpc) is 2.68. The van der Waals surface area contributed by atoms with Gasteiger partial charge in [0.2, 0.25) is 6.29 Å². The van der Waals surface area contributed by atoms with E-state index >= 15 is 0 Å². The lowest BCUT2D eigenvalue weighted by Gasteiger charge is -2.42. The topological polar surface area (TPSA) is 152 Å². The molecule has 0 aliphatic carbocycles. The van der Waals surface area contributed by atoms with Crippen LogP contribution < -0.4 is 0 Å². The van der Waals surface area contributed by atoms with Crippen molar-refractivity contribution in [1.29, 1.82) is 0 Å². The Bertz CT molecular complexity index is 574. The Kier molecular flexibility index (Phi) is 7.48. The van der Waals surface area contributed by atoms with Crippen LogP contribution >= 0.6 is 0 Å². The fourth-order valence-electron chi connectivity index (χ4n) is 3.13. The van der Waals surface area contributed by atoms with Gasteiger partial charge in [0.25, 0.3) is 0 Å². The molecule has 0 amide bonds. The van der Waals surface area contributed by atoms with Gasteiger partial charge < -0.3 is 44.2 Å². The van der Waals surface area contributed by atoms with Gasteiger partial charge in [-0.15, -0.1) is 6.58 Å². The summed E-state index contributed by atoms with van der Waals surface area (Å²) in [6, 6.07) is 0. The second-order valence-corrected chi connectivity index (χ2v) is 6.22. The standard InChI is InChI=1S/C17H24O10/c1-3-8-9(4-5-18)10(15(23)24-2)7-25-16(8)27-17-14(22)13(21)12(20)11(6-19)26-17/h3,5,7-9,11-14,16-17,19-22H,1,4,6H2,2H3/t8-,9-,11-,12+,13+,14+,16+,17+/m0/s1. The molecule has 8 atom stereocenters. The summed E-state index contributed by atoms with van der Waals surface area (Å²) in [5, 5.41) is 39.0. The normalized spacial score (nSPS) is 39.1. The fraction of sp³-hybridized carbons (Fsp3) is 0.647. The van der Waals surface area contributed by atoms with Crippen LogP contribution in [0, 0.1) is 11.8 Å². The van der Waals surface area contributed by atoms with E-state index in [4.69, 9.17) is 14.2 Å². The summed E-state index contributed by atoms with van der Waals surface area (Å²) in [6.45, 7) is 3.06. The molecule has 0 spiro atoms. The van der Waals surface area contributed by atoms with Crippen LogP contribution in [0.4, 0.5) is 0 Å². The highest BCUT2D eigenvalue weighted by molar-refractivity contribution is 5.89. The number of hydrogen-bond acceptors (Lipinski definition) is 10. The Hall–Kier alpha value is -1.82. The molecule has 0 saturated carbocycles. The first kappa shape index (κ1) is 21.5. The minimum absolute atomic E-state index is 0.0322. The minimum atomic E-state index is -1.62. The van der Waals surface area contributed by atoms with Crippen molar-refractivity contribution in [2.45, 2.75) is 43.4 Å². The third-order valence-corrected chi connectivity index (χ3v) is 4.67. The number of carbonyl (C=O) groups excluding carboxylic acids is 2. The largest absolute Gasteiger partial charge is 0.471 e. The zero-order chi connectivity index (χ0) is 20.1. The van der Waals surface area contributed by atoms with Gasteiger partial charge in [0.15, 0.2) is 6.29 Å². The number of carbonyl (C=O) groups is 2. The first-order valence-corrected chi connectivity index (χ1v) is 8.35. The molecule has 1 saturated heterocycles. The van der Waals surface area contributed by atoms with E-state index in [1.54, 1.807) is 0 Å². The molecule has 10 heteroatoms. The highest BCUT2D eigenvalue weighted by atomic mass is 16.8. The van der Waals surface area contributed by atoms with Gasteiger partial charge in [0.1, 0.15) is 30.7 Å². The first-order valence-electron chi connectivity index (χ1n) is 8.35. The summed E-state index contributed by atoms with van der Waals surface area (Å²) < 4.78 is 21.0. The molecule has 0 unspecified atom stereocenters. The van der Waals surface area contributed by atoms with Crippen molar-refractivity contribution in [3.8, 4) is 0 Å². The molecule has 27 heavy (non-hydrogen) atoms. The van der Waals surface area contributed by atoms with E-state index in [1.807, 2.05) is 0 Å². The van der Waals surface area contributed by atoms with Crippen molar-refractivity contribution in [2.24, 2.45) is 11.8 Å². The first-order chi connectivity index (χ1) is 12.9. The van der Waals surface area contributed by atoms with Crippen LogP contribution in [0.25, 0.3) is 0 Å². The number of esters is 1. The lowest BCUT2D eigenvalue weighted by atomic mass is 9.82. The monoisotopic (exact) mass is 388 g/mol. The van der Waals surface area contributed by atoms with Gasteiger partial charge in [-0.2, -0.15) is 0 Å². The van der Waals surface area contributed by atoms with Crippen molar-refractivity contribution in [2.75, 3.05) is 13.7 Å². The predicted octanol–water partition coefficient (Wildman–Crippen LogP) is -1.78. The molecular formula is C17H24O10. The summed E-state index contributed by atoms with van der Waals surface area (Å²) in [5.41, 5.74) is 0.128. The van der Waals surface area contributed by atoms with E-state index in [2.05, 4.69) is 11.3 Å². The molecule has 2 heterocycles. The van der Waals surface area contributed by atoms with Gasteiger partial charge in [-0.25, -0.2) is 4.79 Å². The number of aliphatic hydroxyl groups is 4. The molecule has 0 radical (unpaired) electrons. The van der Waals surface area contributed by atoms with Gasteiger partial charge in [0.05, 0.1) is 25.6 Å². The molecule has 2 rings (SSSR count). The summed E-state index contributed by atoms with van der Waals surface area (Å²) in [6.07, 6.45) is -5.31. The van der Waals surface area contributed by atoms with E-state index in [9.17, 15) is 30.0 Å². The number of ether oxygens (including phenoxy) is 4. The molecule has 0 bridgehead atoms. The zero-order valence-corrected chi connectivity index (χ0v) is 14.7. The second-order valence-electron chi connectivity index (χ2n) is 6.22. The molecule has 0 aromatic carbocycles.